The number of aromatic nitrogens is 1. The van der Waals surface area contributed by atoms with Crippen molar-refractivity contribution in [1.82, 2.24) is 14.8 Å². The molecular formula is C25H29N5O. The van der Waals surface area contributed by atoms with Crippen LogP contribution in [-0.2, 0) is 17.6 Å². The number of carbonyl (C=O) groups excluding carboxylic acids is 1. The molecule has 31 heavy (non-hydrogen) atoms. The monoisotopic (exact) mass is 415 g/mol. The molecule has 1 aliphatic heterocycles. The Morgan fingerprint density at radius 2 is 1.81 bits per heavy atom. The summed E-state index contributed by atoms with van der Waals surface area (Å²) < 4.78 is 0. The molecule has 6 nitrogen and oxygen atoms in total. The van der Waals surface area contributed by atoms with Gasteiger partial charge in [0.1, 0.15) is 5.84 Å². The van der Waals surface area contributed by atoms with Crippen molar-refractivity contribution in [3.8, 4) is 0 Å². The van der Waals surface area contributed by atoms with Gasteiger partial charge in [-0.15, -0.1) is 0 Å². The van der Waals surface area contributed by atoms with Gasteiger partial charge in [-0.2, -0.15) is 0 Å². The number of amidine groups is 1. The van der Waals surface area contributed by atoms with Gasteiger partial charge in [-0.05, 0) is 41.7 Å². The van der Waals surface area contributed by atoms with E-state index in [-0.39, 0.29) is 11.7 Å². The minimum atomic E-state index is 0.0893. The van der Waals surface area contributed by atoms with E-state index in [1.54, 1.807) is 6.92 Å². The molecule has 1 aliphatic carbocycles. The lowest BCUT2D eigenvalue weighted by atomic mass is 10.0. The van der Waals surface area contributed by atoms with Crippen molar-refractivity contribution >= 4 is 17.3 Å². The van der Waals surface area contributed by atoms with Crippen LogP contribution < -0.4 is 5.73 Å². The smallest absolute Gasteiger partial charge is 0.219 e. The third-order valence-electron chi connectivity index (χ3n) is 6.09. The summed E-state index contributed by atoms with van der Waals surface area (Å²) in [5.41, 5.74) is 12.4. The van der Waals surface area contributed by atoms with Crippen LogP contribution in [0.5, 0.6) is 0 Å². The van der Waals surface area contributed by atoms with Gasteiger partial charge in [-0.1, -0.05) is 36.4 Å². The summed E-state index contributed by atoms with van der Waals surface area (Å²) in [5.74, 6) is 0.204. The molecule has 1 amide bonds. The zero-order chi connectivity index (χ0) is 21.8. The predicted molar refractivity (Wildman–Crippen MR) is 123 cm³/mol. The Morgan fingerprint density at radius 3 is 2.42 bits per heavy atom. The van der Waals surface area contributed by atoms with Crippen molar-refractivity contribution < 1.29 is 4.79 Å². The largest absolute Gasteiger partial charge is 0.384 e. The highest BCUT2D eigenvalue weighted by Gasteiger charge is 2.27. The Hall–Kier alpha value is -3.41. The first kappa shape index (κ1) is 20.8. The van der Waals surface area contributed by atoms with Crippen molar-refractivity contribution in [2.75, 3.05) is 26.2 Å². The van der Waals surface area contributed by atoms with Crippen molar-refractivity contribution in [3.05, 3.63) is 82.8 Å². The fourth-order valence-electron chi connectivity index (χ4n) is 4.26. The van der Waals surface area contributed by atoms with Crippen molar-refractivity contribution in [2.45, 2.75) is 26.2 Å². The number of rotatable bonds is 6. The average molecular weight is 416 g/mol. The molecule has 160 valence electrons. The summed E-state index contributed by atoms with van der Waals surface area (Å²) in [6.07, 6.45) is 6.57. The highest BCUT2D eigenvalue weighted by atomic mass is 16.2. The normalized spacial score (nSPS) is 16.5. The van der Waals surface area contributed by atoms with E-state index in [0.29, 0.717) is 13.1 Å². The number of nitrogens with two attached hydrogens (primary N) is 1. The molecule has 4 rings (SSSR count). The summed E-state index contributed by atoms with van der Waals surface area (Å²) >= 11 is 0. The summed E-state index contributed by atoms with van der Waals surface area (Å²) in [5, 5.41) is 8.04. The quantitative estimate of drug-likeness (QED) is 0.561. The van der Waals surface area contributed by atoms with E-state index in [0.717, 1.165) is 60.5 Å². The zero-order valence-electron chi connectivity index (χ0n) is 18.0. The molecular weight excluding hydrogens is 386 g/mol. The first-order valence-corrected chi connectivity index (χ1v) is 10.8. The van der Waals surface area contributed by atoms with Crippen LogP contribution in [0.15, 0.2) is 66.0 Å². The molecule has 1 aromatic carbocycles. The van der Waals surface area contributed by atoms with Crippen LogP contribution in [-0.4, -0.2) is 52.7 Å². The first-order chi connectivity index (χ1) is 15.0. The molecule has 0 bridgehead atoms. The van der Waals surface area contributed by atoms with E-state index in [1.165, 1.54) is 5.56 Å². The Balaban J connectivity index is 1.42. The van der Waals surface area contributed by atoms with E-state index in [4.69, 9.17) is 11.1 Å². The van der Waals surface area contributed by atoms with Crippen molar-refractivity contribution in [2.24, 2.45) is 5.73 Å². The number of allylic oxidation sites excluding steroid dienone is 1. The number of nitrogens with one attached hydrogen (secondary N) is 1. The van der Waals surface area contributed by atoms with E-state index in [2.05, 4.69) is 46.3 Å². The van der Waals surface area contributed by atoms with Crippen molar-refractivity contribution in [1.29, 1.82) is 5.41 Å². The van der Waals surface area contributed by atoms with Crippen LogP contribution in [0.4, 0.5) is 0 Å². The fraction of sp³-hybridized carbons (Fsp3) is 0.320. The Morgan fingerprint density at radius 1 is 1.06 bits per heavy atom. The minimum absolute atomic E-state index is 0.0893. The van der Waals surface area contributed by atoms with Crippen LogP contribution in [0.25, 0.3) is 5.57 Å². The number of piperazine rings is 1. The average Bonchev–Trinajstić information content (AvgIpc) is 3.25. The van der Waals surface area contributed by atoms with Gasteiger partial charge in [0.25, 0.3) is 0 Å². The molecule has 1 aromatic heterocycles. The topological polar surface area (TPSA) is 86.3 Å². The summed E-state index contributed by atoms with van der Waals surface area (Å²) in [6.45, 7) is 4.56. The predicted octanol–water partition coefficient (Wildman–Crippen LogP) is 3.01. The van der Waals surface area contributed by atoms with Crippen LogP contribution in [0.3, 0.4) is 0 Å². The van der Waals surface area contributed by atoms with E-state index < -0.39 is 0 Å². The van der Waals surface area contributed by atoms with E-state index >= 15 is 0 Å². The van der Waals surface area contributed by atoms with Gasteiger partial charge in [0.05, 0.1) is 0 Å². The molecule has 2 aliphatic rings. The Bertz CT molecular complexity index is 1020. The van der Waals surface area contributed by atoms with E-state index in [9.17, 15) is 4.79 Å². The summed E-state index contributed by atoms with van der Waals surface area (Å²) in [7, 11) is 0. The van der Waals surface area contributed by atoms with Gasteiger partial charge in [-0.25, -0.2) is 0 Å². The molecule has 2 aromatic rings. The number of amides is 1. The van der Waals surface area contributed by atoms with Gasteiger partial charge < -0.3 is 15.5 Å². The van der Waals surface area contributed by atoms with Gasteiger partial charge in [-0.3, -0.25) is 15.2 Å². The zero-order valence-corrected chi connectivity index (χ0v) is 18.0. The number of hydrogen-bond donors (Lipinski definition) is 2. The van der Waals surface area contributed by atoms with Gasteiger partial charge in [0.15, 0.2) is 0 Å². The summed E-state index contributed by atoms with van der Waals surface area (Å²) in [4.78, 5) is 20.4. The molecule has 0 saturated carbocycles. The molecule has 0 spiro atoms. The standard InChI is InChI=1S/C25H29N5O/c1-18(31)29-11-13-30(14-12-29)24-16-21(15-23(24)25(26)27)20-8-10-22(28-17-20)9-7-19-5-3-2-4-6-19/h2-6,8,10,15,17H,7,9,11-14,16H2,1H3,(H3,26,27). The third kappa shape index (κ3) is 4.85. The number of carbonyl (C=O) groups is 1. The molecule has 0 radical (unpaired) electrons. The lowest BCUT2D eigenvalue weighted by Crippen LogP contribution is -2.47. The first-order valence-electron chi connectivity index (χ1n) is 10.8. The lowest BCUT2D eigenvalue weighted by molar-refractivity contribution is -0.130. The maximum atomic E-state index is 11.6. The molecule has 6 heteroatoms. The maximum absolute atomic E-state index is 11.6. The number of pyridine rings is 1. The Labute approximate surface area is 183 Å². The Kier molecular flexibility index (Phi) is 6.16. The molecule has 3 N–H and O–H groups in total. The van der Waals surface area contributed by atoms with Crippen LogP contribution in [0.1, 0.15) is 30.2 Å². The second-order valence-corrected chi connectivity index (χ2v) is 8.14. The van der Waals surface area contributed by atoms with Crippen molar-refractivity contribution in [3.63, 3.8) is 0 Å². The van der Waals surface area contributed by atoms with Gasteiger partial charge in [0.2, 0.25) is 5.91 Å². The molecule has 0 unspecified atom stereocenters. The molecule has 1 saturated heterocycles. The fourth-order valence-corrected chi connectivity index (χ4v) is 4.26. The highest BCUT2D eigenvalue weighted by Crippen LogP contribution is 2.34. The molecule has 2 heterocycles. The van der Waals surface area contributed by atoms with Crippen LogP contribution in [0, 0.1) is 5.41 Å². The second-order valence-electron chi connectivity index (χ2n) is 8.14. The molecule has 1 fully saturated rings. The minimum Gasteiger partial charge on any atom is -0.384 e. The maximum Gasteiger partial charge on any atom is 0.219 e. The highest BCUT2D eigenvalue weighted by molar-refractivity contribution is 6.02. The number of nitrogens with zero attached hydrogens (tertiary/aromatic N) is 3. The SMILES string of the molecule is CC(=O)N1CCN(C2=C(C(=N)N)C=C(c3ccc(CCc4ccccc4)nc3)C2)CC1. The lowest BCUT2D eigenvalue weighted by Gasteiger charge is -2.37. The third-order valence-corrected chi connectivity index (χ3v) is 6.09. The van der Waals surface area contributed by atoms with Crippen LogP contribution >= 0.6 is 0 Å². The number of hydrogen-bond acceptors (Lipinski definition) is 4. The van der Waals surface area contributed by atoms with Gasteiger partial charge >= 0.3 is 0 Å². The number of aryl methyl sites for hydroxylation is 2. The number of benzene rings is 1. The van der Waals surface area contributed by atoms with E-state index in [1.807, 2.05) is 23.2 Å². The summed E-state index contributed by atoms with van der Waals surface area (Å²) in [6, 6.07) is 14.7. The van der Waals surface area contributed by atoms with Gasteiger partial charge in [0, 0.05) is 62.7 Å². The molecule has 0 atom stereocenters. The van der Waals surface area contributed by atoms with Crippen LogP contribution in [0.2, 0.25) is 0 Å². The second kappa shape index (κ2) is 9.16.